The maximum absolute atomic E-state index is 13.8. The van der Waals surface area contributed by atoms with Crippen molar-refractivity contribution in [3.05, 3.63) is 34.6 Å². The lowest BCUT2D eigenvalue weighted by Gasteiger charge is -2.14. The molecule has 1 aliphatic rings. The predicted molar refractivity (Wildman–Crippen MR) is 74.1 cm³/mol. The number of nitrogens with zero attached hydrogens (tertiary/aromatic N) is 2. The van der Waals surface area contributed by atoms with Crippen LogP contribution in [0.4, 0.5) is 4.39 Å². The van der Waals surface area contributed by atoms with Crippen LogP contribution in [0.5, 0.6) is 0 Å². The van der Waals surface area contributed by atoms with Crippen LogP contribution in [-0.4, -0.2) is 25.3 Å². The monoisotopic (exact) mass is 263 g/mol. The van der Waals surface area contributed by atoms with Crippen LogP contribution in [0.25, 0.3) is 0 Å². The van der Waals surface area contributed by atoms with Gasteiger partial charge in [-0.15, -0.1) is 0 Å². The Kier molecular flexibility index (Phi) is 3.66. The number of rotatable bonds is 4. The second-order valence-corrected chi connectivity index (χ2v) is 4.82. The molecule has 2 atom stereocenters. The number of ether oxygens (including phenoxy) is 1. The Morgan fingerprint density at radius 3 is 2.68 bits per heavy atom. The molecule has 0 aromatic heterocycles. The van der Waals surface area contributed by atoms with Gasteiger partial charge in [-0.25, -0.2) is 9.38 Å². The fraction of sp³-hybridized carbons (Fsp3) is 0.429. The predicted octanol–water partition coefficient (Wildman–Crippen LogP) is 2.07. The molecule has 2 N–H and O–H groups in total. The van der Waals surface area contributed by atoms with Gasteiger partial charge < -0.3 is 10.5 Å². The van der Waals surface area contributed by atoms with Crippen molar-refractivity contribution in [3.63, 3.8) is 0 Å². The minimum absolute atomic E-state index is 0.0207. The standard InChI is InChI=1S/C14H18FN3O/c1-9-4-10(2)13(15)5-12(9)14(11(3)19-14)6-17-8-18-7-16/h4-5,7-8,11H,6H2,1-3H3,(H2,16,17,18)/t11?,14-/m1/s1. The van der Waals surface area contributed by atoms with Gasteiger partial charge in [0.05, 0.1) is 19.0 Å². The van der Waals surface area contributed by atoms with E-state index in [9.17, 15) is 4.39 Å². The van der Waals surface area contributed by atoms with Gasteiger partial charge >= 0.3 is 0 Å². The van der Waals surface area contributed by atoms with Gasteiger partial charge in [0.15, 0.2) is 0 Å². The van der Waals surface area contributed by atoms with Gasteiger partial charge in [-0.2, -0.15) is 0 Å². The summed E-state index contributed by atoms with van der Waals surface area (Å²) in [4.78, 5) is 7.87. The summed E-state index contributed by atoms with van der Waals surface area (Å²) in [7, 11) is 0. The summed E-state index contributed by atoms with van der Waals surface area (Å²) < 4.78 is 19.4. The molecule has 0 bridgehead atoms. The van der Waals surface area contributed by atoms with E-state index in [2.05, 4.69) is 9.98 Å². The van der Waals surface area contributed by atoms with Gasteiger partial charge in [-0.1, -0.05) is 6.07 Å². The lowest BCUT2D eigenvalue weighted by atomic mass is 9.90. The third kappa shape index (κ3) is 2.51. The summed E-state index contributed by atoms with van der Waals surface area (Å²) in [5.74, 6) is -0.216. The number of nitrogens with two attached hydrogens (primary N) is 1. The summed E-state index contributed by atoms with van der Waals surface area (Å²) >= 11 is 0. The van der Waals surface area contributed by atoms with E-state index >= 15 is 0 Å². The number of aliphatic imine (C=N–C) groups is 2. The molecule has 102 valence electrons. The van der Waals surface area contributed by atoms with E-state index in [-0.39, 0.29) is 11.9 Å². The summed E-state index contributed by atoms with van der Waals surface area (Å²) in [6.07, 6.45) is 2.58. The molecule has 2 rings (SSSR count). The van der Waals surface area contributed by atoms with Gasteiger partial charge in [0.2, 0.25) is 0 Å². The number of benzene rings is 1. The van der Waals surface area contributed by atoms with E-state index in [0.29, 0.717) is 12.1 Å². The Morgan fingerprint density at radius 2 is 2.11 bits per heavy atom. The minimum atomic E-state index is -0.529. The molecule has 1 aromatic carbocycles. The molecular formula is C14H18FN3O. The first-order valence-electron chi connectivity index (χ1n) is 6.18. The van der Waals surface area contributed by atoms with Gasteiger partial charge in [0.25, 0.3) is 0 Å². The van der Waals surface area contributed by atoms with Crippen molar-refractivity contribution in [2.24, 2.45) is 15.7 Å². The molecule has 4 nitrogen and oxygen atoms in total. The summed E-state index contributed by atoms with van der Waals surface area (Å²) in [6, 6.07) is 3.39. The zero-order valence-electron chi connectivity index (χ0n) is 11.4. The van der Waals surface area contributed by atoms with Crippen molar-refractivity contribution in [2.75, 3.05) is 6.54 Å². The molecule has 0 radical (unpaired) electrons. The highest BCUT2D eigenvalue weighted by atomic mass is 19.1. The summed E-state index contributed by atoms with van der Waals surface area (Å²) in [5, 5.41) is 0. The third-order valence-electron chi connectivity index (χ3n) is 3.51. The normalized spacial score (nSPS) is 26.4. The third-order valence-corrected chi connectivity index (χ3v) is 3.51. The smallest absolute Gasteiger partial charge is 0.139 e. The fourth-order valence-corrected chi connectivity index (χ4v) is 2.36. The molecule has 0 saturated carbocycles. The lowest BCUT2D eigenvalue weighted by molar-refractivity contribution is 0.303. The maximum Gasteiger partial charge on any atom is 0.139 e. The van der Waals surface area contributed by atoms with Gasteiger partial charge in [0.1, 0.15) is 17.8 Å². The van der Waals surface area contributed by atoms with E-state index in [1.165, 1.54) is 12.7 Å². The van der Waals surface area contributed by atoms with Crippen molar-refractivity contribution in [1.82, 2.24) is 0 Å². The number of aryl methyl sites for hydroxylation is 2. The van der Waals surface area contributed by atoms with Crippen molar-refractivity contribution in [1.29, 1.82) is 0 Å². The van der Waals surface area contributed by atoms with Crippen LogP contribution in [0, 0.1) is 19.7 Å². The average molecular weight is 263 g/mol. The van der Waals surface area contributed by atoms with Crippen LogP contribution in [0.15, 0.2) is 22.1 Å². The molecular weight excluding hydrogens is 245 g/mol. The Morgan fingerprint density at radius 1 is 1.42 bits per heavy atom. The van der Waals surface area contributed by atoms with E-state index in [4.69, 9.17) is 10.5 Å². The molecule has 0 spiro atoms. The van der Waals surface area contributed by atoms with E-state index in [0.717, 1.165) is 11.1 Å². The van der Waals surface area contributed by atoms with E-state index in [1.54, 1.807) is 13.0 Å². The molecule has 5 heteroatoms. The molecule has 0 amide bonds. The molecule has 1 unspecified atom stereocenters. The number of halogens is 1. The van der Waals surface area contributed by atoms with Crippen molar-refractivity contribution >= 4 is 12.7 Å². The second kappa shape index (κ2) is 5.09. The molecule has 1 saturated heterocycles. The molecule has 1 aromatic rings. The first-order chi connectivity index (χ1) is 9.01. The quantitative estimate of drug-likeness (QED) is 0.513. The average Bonchev–Trinajstić information content (AvgIpc) is 3.01. The van der Waals surface area contributed by atoms with Gasteiger partial charge in [0, 0.05) is 0 Å². The summed E-state index contributed by atoms with van der Waals surface area (Å²) in [5.41, 5.74) is 7.11. The van der Waals surface area contributed by atoms with E-state index in [1.807, 2.05) is 19.9 Å². The van der Waals surface area contributed by atoms with Crippen LogP contribution in [0.2, 0.25) is 0 Å². The highest BCUT2D eigenvalue weighted by Crippen LogP contribution is 2.47. The first kappa shape index (κ1) is 13.7. The number of epoxide rings is 1. The molecule has 1 aliphatic heterocycles. The first-order valence-corrected chi connectivity index (χ1v) is 6.18. The van der Waals surface area contributed by atoms with E-state index < -0.39 is 5.60 Å². The minimum Gasteiger partial charge on any atom is -0.390 e. The largest absolute Gasteiger partial charge is 0.390 e. The highest BCUT2D eigenvalue weighted by molar-refractivity contribution is 5.69. The van der Waals surface area contributed by atoms with Crippen LogP contribution in [0.1, 0.15) is 23.6 Å². The summed E-state index contributed by atoms with van der Waals surface area (Å²) in [6.45, 7) is 6.08. The van der Waals surface area contributed by atoms with Crippen LogP contribution in [-0.2, 0) is 10.3 Å². The van der Waals surface area contributed by atoms with Crippen LogP contribution < -0.4 is 5.73 Å². The SMILES string of the molecule is Cc1cc(C)c([C@]2(CN=CN=CN)OC2C)cc1F. The molecule has 1 heterocycles. The zero-order chi connectivity index (χ0) is 14.0. The Balaban J connectivity index is 2.30. The zero-order valence-corrected chi connectivity index (χ0v) is 11.4. The van der Waals surface area contributed by atoms with Gasteiger partial charge in [-0.05, 0) is 43.5 Å². The fourth-order valence-electron chi connectivity index (χ4n) is 2.36. The topological polar surface area (TPSA) is 63.3 Å². The number of hydrogen-bond donors (Lipinski definition) is 1. The van der Waals surface area contributed by atoms with Gasteiger partial charge in [-0.3, -0.25) is 4.99 Å². The Hall–Kier alpha value is -1.75. The molecule has 19 heavy (non-hydrogen) atoms. The second-order valence-electron chi connectivity index (χ2n) is 4.82. The molecule has 0 aliphatic carbocycles. The Bertz CT molecular complexity index is 542. The van der Waals surface area contributed by atoms with Crippen molar-refractivity contribution in [2.45, 2.75) is 32.5 Å². The van der Waals surface area contributed by atoms with Crippen LogP contribution >= 0.6 is 0 Å². The highest BCUT2D eigenvalue weighted by Gasteiger charge is 2.55. The van der Waals surface area contributed by atoms with Crippen molar-refractivity contribution in [3.8, 4) is 0 Å². The maximum atomic E-state index is 13.8. The number of hydrogen-bond acceptors (Lipinski definition) is 2. The molecule has 1 fully saturated rings. The lowest BCUT2D eigenvalue weighted by Crippen LogP contribution is -2.18. The van der Waals surface area contributed by atoms with Crippen molar-refractivity contribution < 1.29 is 9.13 Å². The van der Waals surface area contributed by atoms with Crippen LogP contribution in [0.3, 0.4) is 0 Å². The Labute approximate surface area is 112 Å².